The summed E-state index contributed by atoms with van der Waals surface area (Å²) >= 11 is 1.67. The summed E-state index contributed by atoms with van der Waals surface area (Å²) in [5.41, 5.74) is 0.274. The van der Waals surface area contributed by atoms with E-state index in [1.165, 1.54) is 25.1 Å². The second kappa shape index (κ2) is 5.42. The van der Waals surface area contributed by atoms with Gasteiger partial charge in [0.05, 0.1) is 0 Å². The highest BCUT2D eigenvalue weighted by Gasteiger charge is 2.29. The van der Waals surface area contributed by atoms with Crippen LogP contribution in [0.2, 0.25) is 0 Å². The fraction of sp³-hybridized carbons (Fsp3) is 0.400. The predicted molar refractivity (Wildman–Crippen MR) is 68.6 cm³/mol. The molecule has 16 heavy (non-hydrogen) atoms. The van der Waals surface area contributed by atoms with Crippen molar-refractivity contribution in [2.75, 3.05) is 5.75 Å². The molecule has 6 heteroatoms. The van der Waals surface area contributed by atoms with Gasteiger partial charge in [0, 0.05) is 5.75 Å². The van der Waals surface area contributed by atoms with E-state index in [0.29, 0.717) is 0 Å². The van der Waals surface area contributed by atoms with Gasteiger partial charge in [0.25, 0.3) is 0 Å². The van der Waals surface area contributed by atoms with Gasteiger partial charge in [0.15, 0.2) is 9.84 Å². The summed E-state index contributed by atoms with van der Waals surface area (Å²) in [6, 6.07) is 5.33. The van der Waals surface area contributed by atoms with E-state index in [-0.39, 0.29) is 11.3 Å². The Morgan fingerprint density at radius 1 is 1.50 bits per heavy atom. The zero-order valence-electron chi connectivity index (χ0n) is 8.60. The van der Waals surface area contributed by atoms with E-state index in [2.05, 4.69) is 0 Å². The lowest BCUT2D eigenvalue weighted by atomic mass is 10.1. The molecule has 0 radical (unpaired) electrons. The molecule has 2 atom stereocenters. The second-order valence-corrected chi connectivity index (χ2v) is 7.90. The molecular formula is C10H12FIO3S. The Kier molecular flexibility index (Phi) is 4.69. The fourth-order valence-electron chi connectivity index (χ4n) is 1.20. The molecule has 0 aliphatic heterocycles. The number of hydrogen-bond donors (Lipinski definition) is 1. The first-order valence-electron chi connectivity index (χ1n) is 4.67. The minimum atomic E-state index is -3.34. The SMILES string of the molecule is CCS(=O)(=O)[C@@H](I)[C@@H](O)c1cccc(F)c1. The maximum Gasteiger partial charge on any atom is 0.164 e. The molecule has 1 rings (SSSR count). The summed E-state index contributed by atoms with van der Waals surface area (Å²) in [6.45, 7) is 1.51. The Labute approximate surface area is 108 Å². The van der Waals surface area contributed by atoms with E-state index < -0.39 is 25.0 Å². The molecule has 1 aromatic rings. The fourth-order valence-corrected chi connectivity index (χ4v) is 3.56. The van der Waals surface area contributed by atoms with Gasteiger partial charge < -0.3 is 5.11 Å². The third-order valence-electron chi connectivity index (χ3n) is 2.18. The van der Waals surface area contributed by atoms with Gasteiger partial charge in [-0.15, -0.1) is 0 Å². The molecular weight excluding hydrogens is 346 g/mol. The first-order valence-corrected chi connectivity index (χ1v) is 7.63. The predicted octanol–water partition coefficient (Wildman–Crippen LogP) is 2.05. The molecule has 1 aromatic carbocycles. The largest absolute Gasteiger partial charge is 0.386 e. The van der Waals surface area contributed by atoms with Crippen LogP contribution in [0.25, 0.3) is 0 Å². The van der Waals surface area contributed by atoms with Crippen LogP contribution in [-0.4, -0.2) is 22.5 Å². The number of sulfone groups is 1. The van der Waals surface area contributed by atoms with Crippen molar-refractivity contribution in [2.24, 2.45) is 0 Å². The zero-order valence-corrected chi connectivity index (χ0v) is 11.6. The summed E-state index contributed by atoms with van der Waals surface area (Å²) in [6.07, 6.45) is -1.21. The van der Waals surface area contributed by atoms with Gasteiger partial charge in [-0.05, 0) is 17.7 Å². The number of rotatable bonds is 4. The average molecular weight is 358 g/mol. The third-order valence-corrected chi connectivity index (χ3v) is 6.94. The van der Waals surface area contributed by atoms with Crippen LogP contribution in [0, 0.1) is 5.82 Å². The number of hydrogen-bond acceptors (Lipinski definition) is 3. The van der Waals surface area contributed by atoms with Crippen LogP contribution < -0.4 is 0 Å². The van der Waals surface area contributed by atoms with Crippen molar-refractivity contribution in [2.45, 2.75) is 16.3 Å². The minimum Gasteiger partial charge on any atom is -0.386 e. The van der Waals surface area contributed by atoms with Crippen LogP contribution in [0.5, 0.6) is 0 Å². The second-order valence-electron chi connectivity index (χ2n) is 3.30. The van der Waals surface area contributed by atoms with Crippen molar-refractivity contribution in [1.29, 1.82) is 0 Å². The Bertz CT molecular complexity index is 461. The first-order chi connectivity index (χ1) is 7.38. The lowest BCUT2D eigenvalue weighted by Gasteiger charge is -2.17. The van der Waals surface area contributed by atoms with Gasteiger partial charge in [-0.1, -0.05) is 41.6 Å². The summed E-state index contributed by atoms with van der Waals surface area (Å²) in [5, 5.41) is 9.83. The van der Waals surface area contributed by atoms with Crippen molar-refractivity contribution >= 4 is 32.4 Å². The van der Waals surface area contributed by atoms with Gasteiger partial charge >= 0.3 is 0 Å². The van der Waals surface area contributed by atoms with Crippen LogP contribution in [0.1, 0.15) is 18.6 Å². The number of alkyl halides is 1. The van der Waals surface area contributed by atoms with Gasteiger partial charge in [0.1, 0.15) is 15.2 Å². The topological polar surface area (TPSA) is 54.4 Å². The van der Waals surface area contributed by atoms with Crippen LogP contribution in [0.3, 0.4) is 0 Å². The van der Waals surface area contributed by atoms with E-state index in [1.807, 2.05) is 0 Å². The van der Waals surface area contributed by atoms with Crippen LogP contribution in [0.15, 0.2) is 24.3 Å². The lowest BCUT2D eigenvalue weighted by Crippen LogP contribution is -2.24. The molecule has 0 fully saturated rings. The normalized spacial score (nSPS) is 15.8. The molecule has 0 saturated heterocycles. The molecule has 0 aliphatic rings. The Morgan fingerprint density at radius 3 is 2.62 bits per heavy atom. The minimum absolute atomic E-state index is 0.0486. The van der Waals surface area contributed by atoms with Crippen molar-refractivity contribution in [3.05, 3.63) is 35.6 Å². The summed E-state index contributed by atoms with van der Waals surface area (Å²) < 4.78 is 35.0. The van der Waals surface area contributed by atoms with E-state index in [9.17, 15) is 17.9 Å². The quantitative estimate of drug-likeness (QED) is 0.662. The van der Waals surface area contributed by atoms with E-state index >= 15 is 0 Å². The summed E-state index contributed by atoms with van der Waals surface area (Å²) in [4.78, 5) is 0. The number of halogens is 2. The molecule has 0 spiro atoms. The highest BCUT2D eigenvalue weighted by Crippen LogP contribution is 2.27. The van der Waals surface area contributed by atoms with E-state index in [0.717, 1.165) is 6.07 Å². The lowest BCUT2D eigenvalue weighted by molar-refractivity contribution is 0.196. The molecule has 0 aromatic heterocycles. The third kappa shape index (κ3) is 3.14. The maximum atomic E-state index is 12.9. The van der Waals surface area contributed by atoms with Crippen LogP contribution >= 0.6 is 22.6 Å². The molecule has 3 nitrogen and oxygen atoms in total. The van der Waals surface area contributed by atoms with Crippen molar-refractivity contribution in [1.82, 2.24) is 0 Å². The Morgan fingerprint density at radius 2 is 2.12 bits per heavy atom. The highest BCUT2D eigenvalue weighted by molar-refractivity contribution is 14.1. The molecule has 0 heterocycles. The summed E-state index contributed by atoms with van der Waals surface area (Å²) in [5.74, 6) is -0.540. The summed E-state index contributed by atoms with van der Waals surface area (Å²) in [7, 11) is -3.34. The molecule has 0 unspecified atom stereocenters. The first kappa shape index (κ1) is 13.9. The van der Waals surface area contributed by atoms with Crippen LogP contribution in [0.4, 0.5) is 4.39 Å². The zero-order chi connectivity index (χ0) is 12.3. The van der Waals surface area contributed by atoms with Gasteiger partial charge in [-0.2, -0.15) is 0 Å². The molecule has 0 saturated carbocycles. The molecule has 0 amide bonds. The van der Waals surface area contributed by atoms with Gasteiger partial charge in [-0.25, -0.2) is 12.8 Å². The highest BCUT2D eigenvalue weighted by atomic mass is 127. The van der Waals surface area contributed by atoms with Crippen LogP contribution in [-0.2, 0) is 9.84 Å². The molecule has 0 aliphatic carbocycles. The van der Waals surface area contributed by atoms with Crippen molar-refractivity contribution in [3.8, 4) is 0 Å². The number of aliphatic hydroxyl groups is 1. The molecule has 90 valence electrons. The van der Waals surface area contributed by atoms with Gasteiger partial charge in [0.2, 0.25) is 0 Å². The maximum absolute atomic E-state index is 12.9. The number of aliphatic hydroxyl groups excluding tert-OH is 1. The van der Waals surface area contributed by atoms with E-state index in [1.54, 1.807) is 22.6 Å². The number of benzene rings is 1. The average Bonchev–Trinajstić information content (AvgIpc) is 2.27. The van der Waals surface area contributed by atoms with Crippen molar-refractivity contribution in [3.63, 3.8) is 0 Å². The molecule has 1 N–H and O–H groups in total. The standard InChI is InChI=1S/C10H12FIO3S/c1-2-16(14,15)10(12)9(13)7-4-3-5-8(11)6-7/h3-6,9-10,13H,2H2,1H3/t9-,10+/m0/s1. The monoisotopic (exact) mass is 358 g/mol. The van der Waals surface area contributed by atoms with Crippen molar-refractivity contribution < 1.29 is 17.9 Å². The van der Waals surface area contributed by atoms with Gasteiger partial charge in [-0.3, -0.25) is 0 Å². The molecule has 0 bridgehead atoms. The smallest absolute Gasteiger partial charge is 0.164 e. The Hall–Kier alpha value is -0.210. The Balaban J connectivity index is 2.99. The van der Waals surface area contributed by atoms with E-state index in [4.69, 9.17) is 0 Å².